The van der Waals surface area contributed by atoms with Crippen molar-refractivity contribution in [3.8, 4) is 5.88 Å². The Hall–Kier alpha value is -1.05. The molecule has 1 aromatic heterocycles. The lowest BCUT2D eigenvalue weighted by atomic mass is 10.2. The first kappa shape index (κ1) is 8.05. The van der Waals surface area contributed by atoms with Crippen LogP contribution in [0, 0.1) is 13.8 Å². The van der Waals surface area contributed by atoms with Gasteiger partial charge in [0.1, 0.15) is 0 Å². The van der Waals surface area contributed by atoms with Crippen molar-refractivity contribution < 1.29 is 4.74 Å². The molecule has 0 fully saturated rings. The van der Waals surface area contributed by atoms with E-state index in [0.29, 0.717) is 6.61 Å². The number of aryl methyl sites for hydroxylation is 2. The molecule has 11 heavy (non-hydrogen) atoms. The van der Waals surface area contributed by atoms with Crippen LogP contribution in [0.3, 0.4) is 0 Å². The molecular weight excluding hydrogens is 138 g/mol. The van der Waals surface area contributed by atoms with E-state index in [9.17, 15) is 0 Å². The Morgan fingerprint density at radius 1 is 1.45 bits per heavy atom. The van der Waals surface area contributed by atoms with Crippen LogP contribution in [0.1, 0.15) is 18.1 Å². The van der Waals surface area contributed by atoms with Crippen LogP contribution in [0.4, 0.5) is 0 Å². The second-order valence-electron chi connectivity index (χ2n) is 2.57. The number of hydrogen-bond donors (Lipinski definition) is 0. The van der Waals surface area contributed by atoms with E-state index in [1.165, 1.54) is 5.56 Å². The summed E-state index contributed by atoms with van der Waals surface area (Å²) in [6.45, 7) is 6.67. The van der Waals surface area contributed by atoms with E-state index >= 15 is 0 Å². The average molecular weight is 151 g/mol. The monoisotopic (exact) mass is 151 g/mol. The summed E-state index contributed by atoms with van der Waals surface area (Å²) in [5.41, 5.74) is 2.28. The third-order valence-electron chi connectivity index (χ3n) is 1.45. The van der Waals surface area contributed by atoms with Crippen molar-refractivity contribution in [3.63, 3.8) is 0 Å². The van der Waals surface area contributed by atoms with Gasteiger partial charge in [-0.05, 0) is 32.4 Å². The summed E-state index contributed by atoms with van der Waals surface area (Å²) in [6.07, 6.45) is 1.82. The standard InChI is InChI=1S/C9H13NO/c1-4-11-9-8(3)5-7(2)6-10-9/h5-6H,4H2,1-3H3. The van der Waals surface area contributed by atoms with Crippen LogP contribution in [0.5, 0.6) is 5.88 Å². The quantitative estimate of drug-likeness (QED) is 0.645. The first-order valence-corrected chi connectivity index (χ1v) is 3.80. The second-order valence-corrected chi connectivity index (χ2v) is 2.57. The maximum Gasteiger partial charge on any atom is 0.216 e. The van der Waals surface area contributed by atoms with Crippen LogP contribution in [0.25, 0.3) is 0 Å². The molecule has 1 rings (SSSR count). The molecule has 0 radical (unpaired) electrons. The van der Waals surface area contributed by atoms with Crippen LogP contribution in [0.15, 0.2) is 12.3 Å². The Balaban J connectivity index is 2.90. The topological polar surface area (TPSA) is 22.1 Å². The average Bonchev–Trinajstić information content (AvgIpc) is 1.95. The molecule has 0 atom stereocenters. The lowest BCUT2D eigenvalue weighted by Crippen LogP contribution is -1.96. The molecule has 0 spiro atoms. The SMILES string of the molecule is CCOc1ncc(C)cc1C. The molecule has 0 N–H and O–H groups in total. The fraction of sp³-hybridized carbons (Fsp3) is 0.444. The molecule has 1 heterocycles. The van der Waals surface area contributed by atoms with Crippen molar-refractivity contribution in [3.05, 3.63) is 23.4 Å². The van der Waals surface area contributed by atoms with E-state index in [2.05, 4.69) is 11.1 Å². The summed E-state index contributed by atoms with van der Waals surface area (Å²) < 4.78 is 5.28. The van der Waals surface area contributed by atoms with E-state index in [4.69, 9.17) is 4.74 Å². The molecule has 0 aromatic carbocycles. The van der Waals surface area contributed by atoms with Crippen LogP contribution in [-0.2, 0) is 0 Å². The summed E-state index contributed by atoms with van der Waals surface area (Å²) in [5.74, 6) is 0.748. The van der Waals surface area contributed by atoms with Gasteiger partial charge < -0.3 is 4.74 Å². The zero-order valence-electron chi connectivity index (χ0n) is 7.22. The van der Waals surface area contributed by atoms with Crippen molar-refractivity contribution in [2.24, 2.45) is 0 Å². The third-order valence-corrected chi connectivity index (χ3v) is 1.45. The number of nitrogens with zero attached hydrogens (tertiary/aromatic N) is 1. The maximum absolute atomic E-state index is 5.28. The minimum atomic E-state index is 0.677. The van der Waals surface area contributed by atoms with Gasteiger partial charge in [0.15, 0.2) is 0 Å². The molecular formula is C9H13NO. The minimum absolute atomic E-state index is 0.677. The molecule has 0 aliphatic heterocycles. The first-order valence-electron chi connectivity index (χ1n) is 3.80. The first-order chi connectivity index (χ1) is 5.24. The fourth-order valence-corrected chi connectivity index (χ4v) is 0.991. The van der Waals surface area contributed by atoms with Gasteiger partial charge in [-0.15, -0.1) is 0 Å². The normalized spacial score (nSPS) is 9.73. The molecule has 0 amide bonds. The van der Waals surface area contributed by atoms with E-state index in [-0.39, 0.29) is 0 Å². The van der Waals surface area contributed by atoms with Crippen LogP contribution < -0.4 is 4.74 Å². The Morgan fingerprint density at radius 3 is 2.73 bits per heavy atom. The minimum Gasteiger partial charge on any atom is -0.478 e. The second kappa shape index (κ2) is 3.37. The Bertz CT molecular complexity index is 245. The third kappa shape index (κ3) is 1.93. The Labute approximate surface area is 67.2 Å². The number of aromatic nitrogens is 1. The molecule has 0 aliphatic rings. The van der Waals surface area contributed by atoms with Gasteiger partial charge >= 0.3 is 0 Å². The maximum atomic E-state index is 5.28. The van der Waals surface area contributed by atoms with Gasteiger partial charge in [-0.3, -0.25) is 0 Å². The molecule has 0 unspecified atom stereocenters. The van der Waals surface area contributed by atoms with Gasteiger partial charge in [-0.25, -0.2) is 4.98 Å². The van der Waals surface area contributed by atoms with Crippen LogP contribution in [0.2, 0.25) is 0 Å². The molecule has 1 aromatic rings. The summed E-state index contributed by atoms with van der Waals surface area (Å²) >= 11 is 0. The highest BCUT2D eigenvalue weighted by Crippen LogP contribution is 2.14. The zero-order valence-corrected chi connectivity index (χ0v) is 7.22. The molecule has 0 bridgehead atoms. The number of ether oxygens (including phenoxy) is 1. The van der Waals surface area contributed by atoms with Crippen molar-refractivity contribution >= 4 is 0 Å². The number of rotatable bonds is 2. The van der Waals surface area contributed by atoms with E-state index in [1.54, 1.807) is 0 Å². The molecule has 2 nitrogen and oxygen atoms in total. The largest absolute Gasteiger partial charge is 0.478 e. The van der Waals surface area contributed by atoms with Gasteiger partial charge in [0.25, 0.3) is 0 Å². The van der Waals surface area contributed by atoms with Gasteiger partial charge in [0.2, 0.25) is 5.88 Å². The van der Waals surface area contributed by atoms with Crippen LogP contribution >= 0.6 is 0 Å². The molecule has 0 saturated carbocycles. The highest BCUT2D eigenvalue weighted by atomic mass is 16.5. The predicted molar refractivity (Wildman–Crippen MR) is 44.9 cm³/mol. The number of pyridine rings is 1. The summed E-state index contributed by atoms with van der Waals surface area (Å²) in [5, 5.41) is 0. The van der Waals surface area contributed by atoms with Crippen molar-refractivity contribution in [1.82, 2.24) is 4.98 Å². The van der Waals surface area contributed by atoms with Gasteiger partial charge in [0, 0.05) is 11.8 Å². The molecule has 60 valence electrons. The summed E-state index contributed by atoms with van der Waals surface area (Å²) in [4.78, 5) is 4.15. The van der Waals surface area contributed by atoms with Gasteiger partial charge in [-0.1, -0.05) is 0 Å². The molecule has 2 heteroatoms. The lowest BCUT2D eigenvalue weighted by molar-refractivity contribution is 0.324. The number of hydrogen-bond acceptors (Lipinski definition) is 2. The fourth-order valence-electron chi connectivity index (χ4n) is 0.991. The lowest BCUT2D eigenvalue weighted by Gasteiger charge is -2.04. The highest BCUT2D eigenvalue weighted by molar-refractivity contribution is 5.27. The van der Waals surface area contributed by atoms with Crippen molar-refractivity contribution in [1.29, 1.82) is 0 Å². The Morgan fingerprint density at radius 2 is 2.18 bits per heavy atom. The smallest absolute Gasteiger partial charge is 0.216 e. The molecule has 0 aliphatic carbocycles. The summed E-state index contributed by atoms with van der Waals surface area (Å²) in [6, 6.07) is 2.07. The van der Waals surface area contributed by atoms with Gasteiger partial charge in [0.05, 0.1) is 6.61 Å². The van der Waals surface area contributed by atoms with E-state index in [1.807, 2.05) is 27.0 Å². The summed E-state index contributed by atoms with van der Waals surface area (Å²) in [7, 11) is 0. The predicted octanol–water partition coefficient (Wildman–Crippen LogP) is 2.10. The zero-order chi connectivity index (χ0) is 8.27. The van der Waals surface area contributed by atoms with E-state index < -0.39 is 0 Å². The van der Waals surface area contributed by atoms with Gasteiger partial charge in [-0.2, -0.15) is 0 Å². The van der Waals surface area contributed by atoms with Crippen LogP contribution in [-0.4, -0.2) is 11.6 Å². The van der Waals surface area contributed by atoms with Crippen molar-refractivity contribution in [2.45, 2.75) is 20.8 Å². The van der Waals surface area contributed by atoms with Crippen molar-refractivity contribution in [2.75, 3.05) is 6.61 Å². The Kier molecular flexibility index (Phi) is 2.47. The highest BCUT2D eigenvalue weighted by Gasteiger charge is 1.98. The van der Waals surface area contributed by atoms with E-state index in [0.717, 1.165) is 11.4 Å². The molecule has 0 saturated heterocycles.